The van der Waals surface area contributed by atoms with Crippen LogP contribution in [0.3, 0.4) is 0 Å². The Labute approximate surface area is 90.1 Å². The van der Waals surface area contributed by atoms with Gasteiger partial charge in [0.2, 0.25) is 0 Å². The maximum absolute atomic E-state index is 11.3. The molecule has 0 unspecified atom stereocenters. The predicted octanol–water partition coefficient (Wildman–Crippen LogP) is 2.20. The van der Waals surface area contributed by atoms with Crippen molar-refractivity contribution in [2.45, 2.75) is 20.8 Å². The SMILES string of the molecule is C=C/C(=C\C=C(/C)C(C)=O)C(=O)OCC. The molecule has 0 fully saturated rings. The third-order valence-corrected chi connectivity index (χ3v) is 1.80. The summed E-state index contributed by atoms with van der Waals surface area (Å²) in [7, 11) is 0. The van der Waals surface area contributed by atoms with Gasteiger partial charge in [-0.2, -0.15) is 0 Å². The minimum Gasteiger partial charge on any atom is -0.462 e. The fraction of sp³-hybridized carbons (Fsp3) is 0.333. The van der Waals surface area contributed by atoms with Crippen LogP contribution in [0.1, 0.15) is 20.8 Å². The van der Waals surface area contributed by atoms with Gasteiger partial charge < -0.3 is 4.74 Å². The van der Waals surface area contributed by atoms with E-state index in [0.29, 0.717) is 17.8 Å². The van der Waals surface area contributed by atoms with Gasteiger partial charge in [0.1, 0.15) is 0 Å². The monoisotopic (exact) mass is 208 g/mol. The summed E-state index contributed by atoms with van der Waals surface area (Å²) in [5.41, 5.74) is 0.927. The highest BCUT2D eigenvalue weighted by Crippen LogP contribution is 2.03. The molecule has 0 aromatic carbocycles. The lowest BCUT2D eigenvalue weighted by Crippen LogP contribution is -2.05. The van der Waals surface area contributed by atoms with Crippen LogP contribution < -0.4 is 0 Å². The Morgan fingerprint density at radius 3 is 2.27 bits per heavy atom. The van der Waals surface area contributed by atoms with Crippen LogP contribution in [0.5, 0.6) is 0 Å². The zero-order chi connectivity index (χ0) is 11.8. The summed E-state index contributed by atoms with van der Waals surface area (Å²) in [5, 5.41) is 0. The second-order valence-electron chi connectivity index (χ2n) is 2.95. The lowest BCUT2D eigenvalue weighted by Gasteiger charge is -2.00. The third kappa shape index (κ3) is 4.96. The van der Waals surface area contributed by atoms with E-state index >= 15 is 0 Å². The van der Waals surface area contributed by atoms with E-state index in [-0.39, 0.29) is 5.78 Å². The molecule has 0 saturated heterocycles. The fourth-order valence-corrected chi connectivity index (χ4v) is 0.766. The van der Waals surface area contributed by atoms with Crippen molar-refractivity contribution < 1.29 is 14.3 Å². The number of carbonyl (C=O) groups excluding carboxylic acids is 2. The Morgan fingerprint density at radius 2 is 1.87 bits per heavy atom. The first kappa shape index (κ1) is 13.4. The zero-order valence-electron chi connectivity index (χ0n) is 9.37. The summed E-state index contributed by atoms with van der Waals surface area (Å²) in [6.07, 6.45) is 4.51. The Bertz CT molecular complexity index is 322. The van der Waals surface area contributed by atoms with Crippen molar-refractivity contribution in [3.05, 3.63) is 36.0 Å². The Kier molecular flexibility index (Phi) is 6.02. The van der Waals surface area contributed by atoms with Crippen LogP contribution in [0.4, 0.5) is 0 Å². The number of ketones is 1. The summed E-state index contributed by atoms with van der Waals surface area (Å²) in [4.78, 5) is 22.2. The lowest BCUT2D eigenvalue weighted by atomic mass is 10.1. The molecule has 0 amide bonds. The molecule has 0 rings (SSSR count). The second kappa shape index (κ2) is 6.76. The standard InChI is InChI=1S/C12H16O3/c1-5-11(12(14)15-6-2)8-7-9(3)10(4)13/h5,7-8H,1,6H2,2-4H3/b9-7+,11-8+. The highest BCUT2D eigenvalue weighted by Gasteiger charge is 2.04. The highest BCUT2D eigenvalue weighted by molar-refractivity contribution is 5.94. The molecule has 0 spiro atoms. The van der Waals surface area contributed by atoms with E-state index in [0.717, 1.165) is 0 Å². The summed E-state index contributed by atoms with van der Waals surface area (Å²) in [6.45, 7) is 8.71. The molecule has 0 aliphatic rings. The summed E-state index contributed by atoms with van der Waals surface area (Å²) >= 11 is 0. The maximum atomic E-state index is 11.3. The quantitative estimate of drug-likeness (QED) is 0.395. The Morgan fingerprint density at radius 1 is 1.27 bits per heavy atom. The van der Waals surface area contributed by atoms with Crippen LogP contribution in [-0.2, 0) is 14.3 Å². The van der Waals surface area contributed by atoms with E-state index < -0.39 is 5.97 Å². The van der Waals surface area contributed by atoms with Crippen molar-refractivity contribution in [2.24, 2.45) is 0 Å². The number of rotatable bonds is 5. The highest BCUT2D eigenvalue weighted by atomic mass is 16.5. The number of esters is 1. The number of carbonyl (C=O) groups is 2. The summed E-state index contributed by atoms with van der Waals surface area (Å²) in [5.74, 6) is -0.460. The van der Waals surface area contributed by atoms with Crippen LogP contribution in [-0.4, -0.2) is 18.4 Å². The Hall–Kier alpha value is -1.64. The van der Waals surface area contributed by atoms with E-state index in [2.05, 4.69) is 6.58 Å². The van der Waals surface area contributed by atoms with Crippen LogP contribution in [0.15, 0.2) is 36.0 Å². The van der Waals surface area contributed by atoms with E-state index in [1.165, 1.54) is 19.1 Å². The molecule has 0 radical (unpaired) electrons. The molecule has 0 saturated carbocycles. The van der Waals surface area contributed by atoms with Crippen molar-refractivity contribution in [3.8, 4) is 0 Å². The molecule has 0 aliphatic carbocycles. The van der Waals surface area contributed by atoms with Gasteiger partial charge >= 0.3 is 5.97 Å². The van der Waals surface area contributed by atoms with E-state index in [9.17, 15) is 9.59 Å². The van der Waals surface area contributed by atoms with Crippen molar-refractivity contribution in [2.75, 3.05) is 6.61 Å². The number of allylic oxidation sites excluding steroid dienone is 3. The van der Waals surface area contributed by atoms with Gasteiger partial charge in [-0.05, 0) is 32.4 Å². The first-order valence-electron chi connectivity index (χ1n) is 4.72. The molecule has 0 atom stereocenters. The van der Waals surface area contributed by atoms with Crippen molar-refractivity contribution in [3.63, 3.8) is 0 Å². The van der Waals surface area contributed by atoms with Gasteiger partial charge in [0.25, 0.3) is 0 Å². The molecular weight excluding hydrogens is 192 g/mol. The van der Waals surface area contributed by atoms with Gasteiger partial charge in [-0.25, -0.2) is 4.79 Å². The number of ether oxygens (including phenoxy) is 1. The van der Waals surface area contributed by atoms with Gasteiger partial charge in [0.15, 0.2) is 5.78 Å². The van der Waals surface area contributed by atoms with Crippen LogP contribution in [0.2, 0.25) is 0 Å². The van der Waals surface area contributed by atoms with E-state index in [4.69, 9.17) is 4.74 Å². The van der Waals surface area contributed by atoms with Crippen LogP contribution in [0.25, 0.3) is 0 Å². The molecule has 0 heterocycles. The number of hydrogen-bond donors (Lipinski definition) is 0. The van der Waals surface area contributed by atoms with Crippen LogP contribution >= 0.6 is 0 Å². The molecular formula is C12H16O3. The largest absolute Gasteiger partial charge is 0.462 e. The first-order chi connectivity index (χ1) is 7.02. The average Bonchev–Trinajstić information content (AvgIpc) is 2.18. The average molecular weight is 208 g/mol. The number of Topliss-reactive ketones (excluding diaryl/α,β-unsaturated/α-hetero) is 1. The van der Waals surface area contributed by atoms with Crippen molar-refractivity contribution in [1.29, 1.82) is 0 Å². The topological polar surface area (TPSA) is 43.4 Å². The maximum Gasteiger partial charge on any atom is 0.338 e. The molecule has 0 aromatic heterocycles. The van der Waals surface area contributed by atoms with Gasteiger partial charge in [0, 0.05) is 0 Å². The number of hydrogen-bond acceptors (Lipinski definition) is 3. The molecule has 3 heteroatoms. The van der Waals surface area contributed by atoms with Gasteiger partial charge in [-0.15, -0.1) is 0 Å². The predicted molar refractivity (Wildman–Crippen MR) is 59.4 cm³/mol. The summed E-state index contributed by atoms with van der Waals surface area (Å²) in [6, 6.07) is 0. The van der Waals surface area contributed by atoms with E-state index in [1.54, 1.807) is 19.9 Å². The van der Waals surface area contributed by atoms with E-state index in [1.807, 2.05) is 0 Å². The first-order valence-corrected chi connectivity index (χ1v) is 4.72. The Balaban J connectivity index is 4.75. The smallest absolute Gasteiger partial charge is 0.338 e. The van der Waals surface area contributed by atoms with Gasteiger partial charge in [0.05, 0.1) is 12.2 Å². The fourth-order valence-electron chi connectivity index (χ4n) is 0.766. The minimum atomic E-state index is -0.430. The van der Waals surface area contributed by atoms with Crippen molar-refractivity contribution >= 4 is 11.8 Å². The molecule has 3 nitrogen and oxygen atoms in total. The third-order valence-electron chi connectivity index (χ3n) is 1.80. The zero-order valence-corrected chi connectivity index (χ0v) is 9.37. The summed E-state index contributed by atoms with van der Waals surface area (Å²) < 4.78 is 4.80. The normalized spacial score (nSPS) is 12.2. The lowest BCUT2D eigenvalue weighted by molar-refractivity contribution is -0.138. The molecule has 0 aliphatic heterocycles. The molecule has 82 valence electrons. The second-order valence-corrected chi connectivity index (χ2v) is 2.95. The van der Waals surface area contributed by atoms with Gasteiger partial charge in [-0.1, -0.05) is 18.7 Å². The molecule has 15 heavy (non-hydrogen) atoms. The van der Waals surface area contributed by atoms with Crippen LogP contribution in [0, 0.1) is 0 Å². The molecule has 0 N–H and O–H groups in total. The van der Waals surface area contributed by atoms with Crippen molar-refractivity contribution in [1.82, 2.24) is 0 Å². The minimum absolute atomic E-state index is 0.0291. The molecule has 0 bridgehead atoms. The van der Waals surface area contributed by atoms with Gasteiger partial charge in [-0.3, -0.25) is 4.79 Å². The molecule has 0 aromatic rings.